The second-order valence-electron chi connectivity index (χ2n) is 2.97. The molecule has 0 saturated heterocycles. The van der Waals surface area contributed by atoms with Gasteiger partial charge in [-0.15, -0.1) is 0 Å². The summed E-state index contributed by atoms with van der Waals surface area (Å²) in [6.07, 6.45) is 0.807. The van der Waals surface area contributed by atoms with Crippen LogP contribution in [0.15, 0.2) is 0 Å². The predicted molar refractivity (Wildman–Crippen MR) is 52.4 cm³/mol. The monoisotopic (exact) mass is 205 g/mol. The number of ether oxygens (including phenoxy) is 2. The Labute approximate surface area is 84.4 Å². The number of nitrogens with one attached hydrogen (secondary N) is 1. The average Bonchev–Trinajstić information content (AvgIpc) is 2.16. The zero-order chi connectivity index (χ0) is 10.8. The fourth-order valence-corrected chi connectivity index (χ4v) is 0.824. The van der Waals surface area contributed by atoms with Gasteiger partial charge in [-0.25, -0.2) is 0 Å². The Morgan fingerprint density at radius 2 is 2.14 bits per heavy atom. The molecule has 0 amide bonds. The molecule has 84 valence electrons. The molecule has 0 aliphatic heterocycles. The second kappa shape index (κ2) is 8.93. The van der Waals surface area contributed by atoms with Crippen molar-refractivity contribution in [2.45, 2.75) is 19.4 Å². The predicted octanol–water partition coefficient (Wildman–Crippen LogP) is 0.102. The maximum Gasteiger partial charge on any atom is 0.320 e. The fourth-order valence-electron chi connectivity index (χ4n) is 0.824. The lowest BCUT2D eigenvalue weighted by molar-refractivity contribution is -0.139. The van der Waals surface area contributed by atoms with Crippen molar-refractivity contribution in [3.8, 4) is 0 Å². The number of aliphatic carboxylic acids is 1. The van der Waals surface area contributed by atoms with Crippen LogP contribution in [0.4, 0.5) is 0 Å². The summed E-state index contributed by atoms with van der Waals surface area (Å²) >= 11 is 0. The van der Waals surface area contributed by atoms with Crippen molar-refractivity contribution in [3.05, 3.63) is 0 Å². The van der Waals surface area contributed by atoms with Gasteiger partial charge in [0.25, 0.3) is 0 Å². The van der Waals surface area contributed by atoms with Gasteiger partial charge in [0.2, 0.25) is 0 Å². The van der Waals surface area contributed by atoms with Gasteiger partial charge in [-0.3, -0.25) is 4.79 Å². The Morgan fingerprint density at radius 3 is 2.71 bits per heavy atom. The first-order valence-corrected chi connectivity index (χ1v) is 4.71. The summed E-state index contributed by atoms with van der Waals surface area (Å²) < 4.78 is 10.0. The zero-order valence-corrected chi connectivity index (χ0v) is 8.78. The molecular formula is C9H19NO4. The van der Waals surface area contributed by atoms with Crippen molar-refractivity contribution < 1.29 is 19.4 Å². The van der Waals surface area contributed by atoms with Gasteiger partial charge >= 0.3 is 5.97 Å². The number of hydrogen-bond acceptors (Lipinski definition) is 4. The van der Waals surface area contributed by atoms with E-state index in [0.717, 1.165) is 6.42 Å². The summed E-state index contributed by atoms with van der Waals surface area (Å²) in [5, 5.41) is 11.4. The third-order valence-electron chi connectivity index (χ3n) is 1.72. The molecule has 0 fully saturated rings. The van der Waals surface area contributed by atoms with Crippen LogP contribution in [0.3, 0.4) is 0 Å². The fraction of sp³-hybridized carbons (Fsp3) is 0.889. The number of carboxylic acid groups (broad SMARTS) is 1. The molecule has 0 radical (unpaired) electrons. The van der Waals surface area contributed by atoms with E-state index in [1.165, 1.54) is 0 Å². The molecule has 0 heterocycles. The first kappa shape index (κ1) is 13.4. The maximum absolute atomic E-state index is 10.4. The molecule has 0 rings (SSSR count). The van der Waals surface area contributed by atoms with Gasteiger partial charge in [-0.2, -0.15) is 0 Å². The van der Waals surface area contributed by atoms with Crippen LogP contribution < -0.4 is 5.32 Å². The van der Waals surface area contributed by atoms with Crippen molar-refractivity contribution in [2.75, 3.05) is 33.5 Å². The first-order valence-electron chi connectivity index (χ1n) is 4.71. The summed E-state index contributed by atoms with van der Waals surface area (Å²) in [5.74, 6) is -0.828. The Balaban J connectivity index is 3.09. The van der Waals surface area contributed by atoms with Crippen molar-refractivity contribution in [1.29, 1.82) is 0 Å². The highest BCUT2D eigenvalue weighted by molar-refractivity contribution is 5.72. The van der Waals surface area contributed by atoms with Crippen molar-refractivity contribution >= 4 is 5.97 Å². The first-order chi connectivity index (χ1) is 6.68. The van der Waals surface area contributed by atoms with Gasteiger partial charge in [-0.05, 0) is 19.9 Å². The van der Waals surface area contributed by atoms with E-state index in [4.69, 9.17) is 14.6 Å². The van der Waals surface area contributed by atoms with Gasteiger partial charge in [0.15, 0.2) is 0 Å². The minimum atomic E-state index is -0.828. The zero-order valence-electron chi connectivity index (χ0n) is 8.78. The van der Waals surface area contributed by atoms with E-state index in [-0.39, 0.29) is 0 Å². The van der Waals surface area contributed by atoms with E-state index in [2.05, 4.69) is 5.32 Å². The molecule has 2 N–H and O–H groups in total. The molecule has 5 nitrogen and oxygen atoms in total. The lowest BCUT2D eigenvalue weighted by Crippen LogP contribution is -2.34. The molecule has 0 aromatic heterocycles. The van der Waals surface area contributed by atoms with Gasteiger partial charge < -0.3 is 19.9 Å². The van der Waals surface area contributed by atoms with Crippen LogP contribution >= 0.6 is 0 Å². The van der Waals surface area contributed by atoms with E-state index in [1.807, 2.05) is 0 Å². The minimum Gasteiger partial charge on any atom is -0.480 e. The van der Waals surface area contributed by atoms with Crippen LogP contribution in [-0.2, 0) is 14.3 Å². The van der Waals surface area contributed by atoms with Crippen molar-refractivity contribution in [1.82, 2.24) is 5.32 Å². The second-order valence-corrected chi connectivity index (χ2v) is 2.97. The van der Waals surface area contributed by atoms with E-state index < -0.39 is 12.0 Å². The Bertz CT molecular complexity index is 152. The molecule has 0 bridgehead atoms. The Hall–Kier alpha value is -0.650. The van der Waals surface area contributed by atoms with E-state index in [9.17, 15) is 4.79 Å². The van der Waals surface area contributed by atoms with E-state index in [1.54, 1.807) is 14.0 Å². The van der Waals surface area contributed by atoms with Gasteiger partial charge in [0.05, 0.1) is 13.2 Å². The Morgan fingerprint density at radius 1 is 1.43 bits per heavy atom. The van der Waals surface area contributed by atoms with Crippen LogP contribution in [-0.4, -0.2) is 50.6 Å². The molecule has 0 aliphatic carbocycles. The van der Waals surface area contributed by atoms with Crippen LogP contribution in [0.5, 0.6) is 0 Å². The highest BCUT2D eigenvalue weighted by Gasteiger charge is 2.07. The highest BCUT2D eigenvalue weighted by Crippen LogP contribution is 1.85. The molecular weight excluding hydrogens is 186 g/mol. The van der Waals surface area contributed by atoms with E-state index in [0.29, 0.717) is 26.4 Å². The highest BCUT2D eigenvalue weighted by atomic mass is 16.5. The molecule has 1 atom stereocenters. The molecule has 0 aromatic rings. The minimum absolute atomic E-state index is 0.492. The van der Waals surface area contributed by atoms with Crippen LogP contribution in [0.25, 0.3) is 0 Å². The number of carbonyl (C=O) groups is 1. The van der Waals surface area contributed by atoms with Gasteiger partial charge in [-0.1, -0.05) is 0 Å². The summed E-state index contributed by atoms with van der Waals surface area (Å²) in [7, 11) is 1.62. The SMILES string of the molecule is COCCOCCCN[C@@H](C)C(=O)O. The topological polar surface area (TPSA) is 67.8 Å². The van der Waals surface area contributed by atoms with Crippen LogP contribution in [0.1, 0.15) is 13.3 Å². The van der Waals surface area contributed by atoms with Gasteiger partial charge in [0, 0.05) is 13.7 Å². The maximum atomic E-state index is 10.4. The largest absolute Gasteiger partial charge is 0.480 e. The molecule has 0 saturated carbocycles. The molecule has 0 spiro atoms. The summed E-state index contributed by atoms with van der Waals surface area (Å²) in [5.41, 5.74) is 0. The molecule has 5 heteroatoms. The van der Waals surface area contributed by atoms with Crippen LogP contribution in [0.2, 0.25) is 0 Å². The quantitative estimate of drug-likeness (QED) is 0.523. The molecule has 0 aliphatic rings. The van der Waals surface area contributed by atoms with Gasteiger partial charge in [0.1, 0.15) is 6.04 Å². The summed E-state index contributed by atoms with van der Waals surface area (Å²) in [6.45, 7) is 4.08. The Kier molecular flexibility index (Phi) is 8.51. The van der Waals surface area contributed by atoms with E-state index >= 15 is 0 Å². The number of carboxylic acids is 1. The lowest BCUT2D eigenvalue weighted by atomic mass is 10.3. The molecule has 0 aromatic carbocycles. The summed E-state index contributed by atoms with van der Waals surface area (Å²) in [6, 6.07) is -0.492. The number of hydrogen-bond donors (Lipinski definition) is 2. The van der Waals surface area contributed by atoms with Crippen molar-refractivity contribution in [2.24, 2.45) is 0 Å². The standard InChI is InChI=1S/C9H19NO4/c1-8(9(11)12)10-4-3-5-14-7-6-13-2/h8,10H,3-7H2,1-2H3,(H,11,12)/t8-/m0/s1. The smallest absolute Gasteiger partial charge is 0.320 e. The third kappa shape index (κ3) is 7.97. The van der Waals surface area contributed by atoms with Crippen LogP contribution in [0, 0.1) is 0 Å². The average molecular weight is 205 g/mol. The lowest BCUT2D eigenvalue weighted by Gasteiger charge is -2.08. The molecule has 14 heavy (non-hydrogen) atoms. The third-order valence-corrected chi connectivity index (χ3v) is 1.72. The summed E-state index contributed by atoms with van der Waals surface area (Å²) in [4.78, 5) is 10.4. The number of methoxy groups -OCH3 is 1. The van der Waals surface area contributed by atoms with Crippen molar-refractivity contribution in [3.63, 3.8) is 0 Å². The number of rotatable bonds is 9. The normalized spacial score (nSPS) is 12.7. The molecule has 0 unspecified atom stereocenters.